The van der Waals surface area contributed by atoms with E-state index in [4.69, 9.17) is 5.73 Å². The first-order valence-corrected chi connectivity index (χ1v) is 6.37. The fourth-order valence-electron chi connectivity index (χ4n) is 2.99. The van der Waals surface area contributed by atoms with Gasteiger partial charge in [0.05, 0.1) is 6.04 Å². The van der Waals surface area contributed by atoms with Gasteiger partial charge in [0.25, 0.3) is 0 Å². The summed E-state index contributed by atoms with van der Waals surface area (Å²) in [4.78, 5) is 13.6. The number of nitrogens with zero attached hydrogens (tertiary/aromatic N) is 1. The summed E-state index contributed by atoms with van der Waals surface area (Å²) in [6, 6.07) is -0.281. The van der Waals surface area contributed by atoms with Crippen molar-refractivity contribution < 1.29 is 9.90 Å². The number of carbonyl (C=O) groups is 1. The number of aliphatic hydroxyl groups is 1. The van der Waals surface area contributed by atoms with E-state index in [1.165, 1.54) is 12.8 Å². The van der Waals surface area contributed by atoms with Crippen LogP contribution in [0.3, 0.4) is 0 Å². The van der Waals surface area contributed by atoms with E-state index < -0.39 is 0 Å². The number of aliphatic hydroxyl groups excluding tert-OH is 1. The fourth-order valence-corrected chi connectivity index (χ4v) is 2.99. The third kappa shape index (κ3) is 2.38. The van der Waals surface area contributed by atoms with E-state index in [-0.39, 0.29) is 18.6 Å². The summed E-state index contributed by atoms with van der Waals surface area (Å²) in [6.07, 6.45) is 5.49. The highest BCUT2D eigenvalue weighted by molar-refractivity contribution is 5.83. The van der Waals surface area contributed by atoms with E-state index in [1.54, 1.807) is 0 Å². The van der Waals surface area contributed by atoms with Crippen molar-refractivity contribution in [3.63, 3.8) is 0 Å². The Hall–Kier alpha value is -0.610. The third-order valence-electron chi connectivity index (χ3n) is 4.09. The van der Waals surface area contributed by atoms with Gasteiger partial charge in [-0.15, -0.1) is 0 Å². The molecule has 0 spiro atoms. The van der Waals surface area contributed by atoms with Gasteiger partial charge in [-0.2, -0.15) is 0 Å². The minimum Gasteiger partial charge on any atom is -0.396 e. The number of hydrogen-bond acceptors (Lipinski definition) is 3. The Morgan fingerprint density at radius 2 is 1.94 bits per heavy atom. The van der Waals surface area contributed by atoms with Crippen molar-refractivity contribution in [2.75, 3.05) is 19.7 Å². The van der Waals surface area contributed by atoms with Gasteiger partial charge in [0.1, 0.15) is 0 Å². The van der Waals surface area contributed by atoms with E-state index in [2.05, 4.69) is 0 Å². The minimum atomic E-state index is -0.281. The number of rotatable bonds is 3. The second-order valence-corrected chi connectivity index (χ2v) is 5.17. The van der Waals surface area contributed by atoms with E-state index in [0.29, 0.717) is 11.8 Å². The molecule has 4 heteroatoms. The Labute approximate surface area is 96.8 Å². The van der Waals surface area contributed by atoms with Gasteiger partial charge in [0.2, 0.25) is 5.91 Å². The zero-order valence-electron chi connectivity index (χ0n) is 9.77. The molecular weight excluding hydrogens is 204 g/mol. The SMILES string of the molecule is NC1CCN(CC2CCCCC2CO)C1=O. The number of carbonyl (C=O) groups excluding carboxylic acids is 1. The lowest BCUT2D eigenvalue weighted by Crippen LogP contribution is -2.39. The monoisotopic (exact) mass is 226 g/mol. The van der Waals surface area contributed by atoms with Crippen molar-refractivity contribution in [3.05, 3.63) is 0 Å². The second-order valence-electron chi connectivity index (χ2n) is 5.17. The molecule has 3 N–H and O–H groups in total. The van der Waals surface area contributed by atoms with Crippen LogP contribution >= 0.6 is 0 Å². The molecule has 0 bridgehead atoms. The zero-order valence-corrected chi connectivity index (χ0v) is 9.77. The van der Waals surface area contributed by atoms with E-state index in [9.17, 15) is 9.90 Å². The Balaban J connectivity index is 1.90. The van der Waals surface area contributed by atoms with Gasteiger partial charge in [0, 0.05) is 19.7 Å². The molecule has 3 unspecified atom stereocenters. The van der Waals surface area contributed by atoms with Gasteiger partial charge in [-0.1, -0.05) is 12.8 Å². The maximum absolute atomic E-state index is 11.7. The molecule has 92 valence electrons. The lowest BCUT2D eigenvalue weighted by Gasteiger charge is -2.33. The largest absolute Gasteiger partial charge is 0.396 e. The molecule has 0 aromatic heterocycles. The summed E-state index contributed by atoms with van der Waals surface area (Å²) >= 11 is 0. The molecule has 16 heavy (non-hydrogen) atoms. The number of hydrogen-bond donors (Lipinski definition) is 2. The summed E-state index contributed by atoms with van der Waals surface area (Å²) in [5, 5.41) is 9.33. The van der Waals surface area contributed by atoms with Gasteiger partial charge in [-0.25, -0.2) is 0 Å². The quantitative estimate of drug-likeness (QED) is 0.729. The van der Waals surface area contributed by atoms with Crippen LogP contribution in [-0.2, 0) is 4.79 Å². The number of nitrogens with two attached hydrogens (primary N) is 1. The standard InChI is InChI=1S/C12H22N2O2/c13-11-5-6-14(12(11)16)7-9-3-1-2-4-10(9)8-15/h9-11,15H,1-8,13H2. The molecule has 1 amide bonds. The summed E-state index contributed by atoms with van der Waals surface area (Å²) < 4.78 is 0. The minimum absolute atomic E-state index is 0.0993. The first-order valence-electron chi connectivity index (χ1n) is 6.37. The van der Waals surface area contributed by atoms with Crippen LogP contribution in [0.25, 0.3) is 0 Å². The lowest BCUT2D eigenvalue weighted by atomic mass is 9.79. The molecule has 1 aliphatic heterocycles. The molecule has 0 aromatic rings. The normalized spacial score (nSPS) is 35.8. The van der Waals surface area contributed by atoms with Crippen molar-refractivity contribution >= 4 is 5.91 Å². The average Bonchev–Trinajstić information content (AvgIpc) is 2.62. The molecule has 1 saturated heterocycles. The van der Waals surface area contributed by atoms with E-state index in [0.717, 1.165) is 32.4 Å². The maximum atomic E-state index is 11.7. The lowest BCUT2D eigenvalue weighted by molar-refractivity contribution is -0.129. The molecule has 0 radical (unpaired) electrons. The highest BCUT2D eigenvalue weighted by Gasteiger charge is 2.33. The number of likely N-dealkylation sites (tertiary alicyclic amines) is 1. The summed E-state index contributed by atoms with van der Waals surface area (Å²) in [7, 11) is 0. The van der Waals surface area contributed by atoms with Gasteiger partial charge >= 0.3 is 0 Å². The van der Waals surface area contributed by atoms with Gasteiger partial charge in [-0.05, 0) is 31.1 Å². The second kappa shape index (κ2) is 5.15. The van der Waals surface area contributed by atoms with Crippen molar-refractivity contribution in [1.29, 1.82) is 0 Å². The number of amides is 1. The molecule has 2 fully saturated rings. The topological polar surface area (TPSA) is 66.6 Å². The highest BCUT2D eigenvalue weighted by atomic mass is 16.3. The third-order valence-corrected chi connectivity index (χ3v) is 4.09. The van der Waals surface area contributed by atoms with Crippen LogP contribution in [0, 0.1) is 11.8 Å². The van der Waals surface area contributed by atoms with Gasteiger partial charge in [-0.3, -0.25) is 4.79 Å². The molecule has 1 saturated carbocycles. The van der Waals surface area contributed by atoms with Crippen LogP contribution in [0.4, 0.5) is 0 Å². The van der Waals surface area contributed by atoms with Crippen molar-refractivity contribution in [1.82, 2.24) is 4.90 Å². The van der Waals surface area contributed by atoms with Crippen LogP contribution in [0.5, 0.6) is 0 Å². The molecule has 4 nitrogen and oxygen atoms in total. The molecular formula is C12H22N2O2. The van der Waals surface area contributed by atoms with Crippen LogP contribution in [0.1, 0.15) is 32.1 Å². The average molecular weight is 226 g/mol. The highest BCUT2D eigenvalue weighted by Crippen LogP contribution is 2.31. The van der Waals surface area contributed by atoms with E-state index in [1.807, 2.05) is 4.90 Å². The molecule has 2 rings (SSSR count). The molecule has 0 aromatic carbocycles. The fraction of sp³-hybridized carbons (Fsp3) is 0.917. The molecule has 1 heterocycles. The summed E-state index contributed by atoms with van der Waals surface area (Å²) in [5.41, 5.74) is 5.70. The van der Waals surface area contributed by atoms with Crippen LogP contribution in [0.2, 0.25) is 0 Å². The summed E-state index contributed by atoms with van der Waals surface area (Å²) in [6.45, 7) is 1.87. The zero-order chi connectivity index (χ0) is 11.5. The Morgan fingerprint density at radius 3 is 2.50 bits per heavy atom. The van der Waals surface area contributed by atoms with Crippen molar-refractivity contribution in [3.8, 4) is 0 Å². The van der Waals surface area contributed by atoms with Crippen LogP contribution < -0.4 is 5.73 Å². The first-order chi connectivity index (χ1) is 7.72. The Morgan fingerprint density at radius 1 is 1.25 bits per heavy atom. The van der Waals surface area contributed by atoms with Crippen molar-refractivity contribution in [2.24, 2.45) is 17.6 Å². The smallest absolute Gasteiger partial charge is 0.239 e. The molecule has 3 atom stereocenters. The van der Waals surface area contributed by atoms with Gasteiger partial charge in [0.15, 0.2) is 0 Å². The van der Waals surface area contributed by atoms with Crippen LogP contribution in [-0.4, -0.2) is 41.7 Å². The van der Waals surface area contributed by atoms with Crippen LogP contribution in [0.15, 0.2) is 0 Å². The van der Waals surface area contributed by atoms with E-state index >= 15 is 0 Å². The predicted octanol–water partition coefficient (Wildman–Crippen LogP) is 0.345. The first kappa shape index (κ1) is 11.9. The summed E-state index contributed by atoms with van der Waals surface area (Å²) in [5.74, 6) is 0.966. The Bertz CT molecular complexity index is 257. The van der Waals surface area contributed by atoms with Gasteiger partial charge < -0.3 is 15.7 Å². The maximum Gasteiger partial charge on any atom is 0.239 e. The van der Waals surface area contributed by atoms with Crippen molar-refractivity contribution in [2.45, 2.75) is 38.1 Å². The predicted molar refractivity (Wildman–Crippen MR) is 61.7 cm³/mol. The molecule has 1 aliphatic carbocycles. The molecule has 2 aliphatic rings. The Kier molecular flexibility index (Phi) is 3.82.